The van der Waals surface area contributed by atoms with Crippen molar-refractivity contribution in [2.24, 2.45) is 0 Å². The highest BCUT2D eigenvalue weighted by Crippen LogP contribution is 2.33. The van der Waals surface area contributed by atoms with Gasteiger partial charge < -0.3 is 15.7 Å². The number of benzene rings is 3. The maximum Gasteiger partial charge on any atom is 0.263 e. The topological polar surface area (TPSA) is 157 Å². The molecule has 0 aliphatic heterocycles. The van der Waals surface area contributed by atoms with Gasteiger partial charge in [-0.15, -0.1) is 0 Å². The molecule has 15 heteroatoms. The van der Waals surface area contributed by atoms with Crippen molar-refractivity contribution in [2.45, 2.75) is 22.8 Å². The maximum atomic E-state index is 15.1. The van der Waals surface area contributed by atoms with Crippen LogP contribution in [-0.2, 0) is 20.6 Å². The van der Waals surface area contributed by atoms with Gasteiger partial charge in [0.2, 0.25) is 5.95 Å². The van der Waals surface area contributed by atoms with Crippen molar-refractivity contribution in [3.63, 3.8) is 0 Å². The Bertz CT molecular complexity index is 1730. The number of thiol groups is 1. The van der Waals surface area contributed by atoms with Crippen LogP contribution in [-0.4, -0.2) is 40.3 Å². The quantitative estimate of drug-likeness (QED) is 0.126. The summed E-state index contributed by atoms with van der Waals surface area (Å²) < 4.78 is 61.6. The van der Waals surface area contributed by atoms with Crippen molar-refractivity contribution in [1.82, 2.24) is 9.97 Å². The number of halogens is 3. The third-order valence-corrected chi connectivity index (χ3v) is 8.64. The van der Waals surface area contributed by atoms with Crippen LogP contribution < -0.4 is 15.4 Å². The Hall–Kier alpha value is -3.49. The van der Waals surface area contributed by atoms with Gasteiger partial charge in [-0.2, -0.15) is 4.98 Å². The Labute approximate surface area is 241 Å². The van der Waals surface area contributed by atoms with E-state index in [1.54, 1.807) is 31.2 Å². The number of aliphatic hydroxyl groups is 1. The first-order chi connectivity index (χ1) is 19.0. The Morgan fingerprint density at radius 3 is 2.50 bits per heavy atom. The molecule has 0 bridgehead atoms. The van der Waals surface area contributed by atoms with E-state index in [1.165, 1.54) is 36.5 Å². The second-order valence-corrected chi connectivity index (χ2v) is 12.0. The van der Waals surface area contributed by atoms with Crippen LogP contribution in [0.15, 0.2) is 76.7 Å². The van der Waals surface area contributed by atoms with Crippen LogP contribution in [0.1, 0.15) is 6.92 Å². The maximum absolute atomic E-state index is 15.1. The molecule has 1 heterocycles. The zero-order chi connectivity index (χ0) is 29.0. The summed E-state index contributed by atoms with van der Waals surface area (Å²) in [6, 6.07) is 13.9. The largest absolute Gasteiger partial charge is 0.394 e. The average Bonchev–Trinajstić information content (AvgIpc) is 2.91. The smallest absolute Gasteiger partial charge is 0.263 e. The number of anilines is 4. The first-order valence-electron chi connectivity index (χ1n) is 11.5. The summed E-state index contributed by atoms with van der Waals surface area (Å²) in [7, 11) is -6.46. The number of aromatic nitrogens is 2. The fourth-order valence-electron chi connectivity index (χ4n) is 3.51. The van der Waals surface area contributed by atoms with E-state index in [1.807, 2.05) is 0 Å². The number of nitrogens with one attached hydrogen (secondary N) is 4. The van der Waals surface area contributed by atoms with Gasteiger partial charge in [-0.3, -0.25) is 9.50 Å². The third kappa shape index (κ3) is 6.80. The van der Waals surface area contributed by atoms with Crippen LogP contribution >= 0.6 is 23.2 Å². The van der Waals surface area contributed by atoms with Crippen molar-refractivity contribution in [3.8, 4) is 11.1 Å². The standard InChI is InChI=1S/C25H23Cl2FN6O4S2/c1-14(13-35)31-24-18(12-30-25(33-24)32-16-6-8-17(9-7-16)39(29)36)15-5-10-21(20(28)11-15)34-40(37,38)22-4-2-3-19(26)23(22)27/h2-12,14,29,34-35,39H,13H2,1H3,(H2,30,31,32,33). The van der Waals surface area contributed by atoms with E-state index < -0.39 is 32.5 Å². The van der Waals surface area contributed by atoms with Crippen molar-refractivity contribution in [1.29, 1.82) is 4.78 Å². The number of hydrogen-bond acceptors (Lipinski definition) is 9. The zero-order valence-electron chi connectivity index (χ0n) is 20.7. The normalized spacial score (nSPS) is 12.9. The van der Waals surface area contributed by atoms with Crippen LogP contribution in [0, 0.1) is 10.6 Å². The van der Waals surface area contributed by atoms with Gasteiger partial charge in [-0.05, 0) is 61.0 Å². The van der Waals surface area contributed by atoms with Crippen LogP contribution in [0.25, 0.3) is 11.1 Å². The molecule has 40 heavy (non-hydrogen) atoms. The second-order valence-electron chi connectivity index (χ2n) is 8.50. The Balaban J connectivity index is 1.64. The molecule has 3 aromatic carbocycles. The lowest BCUT2D eigenvalue weighted by Crippen LogP contribution is -2.21. The van der Waals surface area contributed by atoms with E-state index in [9.17, 15) is 17.7 Å². The fraction of sp³-hybridized carbons (Fsp3) is 0.120. The Morgan fingerprint density at radius 1 is 1.12 bits per heavy atom. The highest BCUT2D eigenvalue weighted by Gasteiger charge is 2.22. The molecule has 0 aliphatic rings. The minimum atomic E-state index is -4.24. The predicted octanol–water partition coefficient (Wildman–Crippen LogP) is 5.53. The zero-order valence-corrected chi connectivity index (χ0v) is 23.9. The van der Waals surface area contributed by atoms with Gasteiger partial charge in [0, 0.05) is 28.4 Å². The summed E-state index contributed by atoms with van der Waals surface area (Å²) in [5.41, 5.74) is 0.995. The minimum Gasteiger partial charge on any atom is -0.394 e. The van der Waals surface area contributed by atoms with Crippen LogP contribution in [0.3, 0.4) is 0 Å². The van der Waals surface area contributed by atoms with Crippen molar-refractivity contribution >= 4 is 67.0 Å². The molecule has 0 spiro atoms. The lowest BCUT2D eigenvalue weighted by molar-refractivity contribution is 0.281. The molecule has 0 amide bonds. The van der Waals surface area contributed by atoms with Gasteiger partial charge in [0.15, 0.2) is 0 Å². The number of sulfonamides is 1. The molecule has 0 radical (unpaired) electrons. The summed E-state index contributed by atoms with van der Waals surface area (Å²) in [6.45, 7) is 1.51. The van der Waals surface area contributed by atoms with E-state index >= 15 is 4.39 Å². The Morgan fingerprint density at radius 2 is 1.85 bits per heavy atom. The Kier molecular flexibility index (Phi) is 9.11. The van der Waals surface area contributed by atoms with Crippen LogP contribution in [0.4, 0.5) is 27.5 Å². The second kappa shape index (κ2) is 12.4. The first kappa shape index (κ1) is 29.5. The predicted molar refractivity (Wildman–Crippen MR) is 155 cm³/mol. The molecule has 0 saturated heterocycles. The molecule has 210 valence electrons. The molecule has 0 fully saturated rings. The summed E-state index contributed by atoms with van der Waals surface area (Å²) in [4.78, 5) is 8.83. The lowest BCUT2D eigenvalue weighted by Gasteiger charge is -2.17. The molecule has 5 N–H and O–H groups in total. The molecule has 1 aromatic heterocycles. The van der Waals surface area contributed by atoms with Crippen molar-refractivity contribution in [3.05, 3.63) is 82.7 Å². The van der Waals surface area contributed by atoms with Crippen LogP contribution in [0.5, 0.6) is 0 Å². The summed E-state index contributed by atoms with van der Waals surface area (Å²) in [5, 5.41) is 15.5. The average molecular weight is 626 g/mol. The number of aliphatic hydroxyl groups excluding tert-OH is 1. The molecule has 4 rings (SSSR count). The van der Waals surface area contributed by atoms with Gasteiger partial charge in [-0.25, -0.2) is 22.0 Å². The van der Waals surface area contributed by atoms with E-state index in [0.717, 1.165) is 6.07 Å². The molecular weight excluding hydrogens is 602 g/mol. The number of hydrogen-bond donors (Lipinski definition) is 6. The summed E-state index contributed by atoms with van der Waals surface area (Å²) in [6.07, 6.45) is 1.45. The molecule has 2 atom stereocenters. The van der Waals surface area contributed by atoms with Gasteiger partial charge in [0.25, 0.3) is 10.0 Å². The van der Waals surface area contributed by atoms with Gasteiger partial charge in [-0.1, -0.05) is 35.3 Å². The molecule has 0 aliphatic carbocycles. The molecule has 10 nitrogen and oxygen atoms in total. The fourth-order valence-corrected chi connectivity index (χ4v) is 5.76. The van der Waals surface area contributed by atoms with Crippen molar-refractivity contribution in [2.75, 3.05) is 22.0 Å². The number of nitrogens with zero attached hydrogens (tertiary/aromatic N) is 2. The van der Waals surface area contributed by atoms with Gasteiger partial charge in [0.1, 0.15) is 16.5 Å². The lowest BCUT2D eigenvalue weighted by atomic mass is 10.1. The highest BCUT2D eigenvalue weighted by molar-refractivity contribution is 7.92. The van der Waals surface area contributed by atoms with Crippen molar-refractivity contribution < 1.29 is 22.1 Å². The van der Waals surface area contributed by atoms with E-state index in [4.69, 9.17) is 28.0 Å². The van der Waals surface area contributed by atoms with Crippen LogP contribution in [0.2, 0.25) is 10.0 Å². The number of rotatable bonds is 10. The molecule has 0 saturated carbocycles. The monoisotopic (exact) mass is 624 g/mol. The SMILES string of the molecule is CC(CO)Nc1nc(Nc2ccc([SH](=N)=O)cc2)ncc1-c1ccc(NS(=O)(=O)c2cccc(Cl)c2Cl)c(F)c1. The summed E-state index contributed by atoms with van der Waals surface area (Å²) in [5.74, 6) is -0.401. The molecular formula is C25H23Cl2FN6O4S2. The van der Waals surface area contributed by atoms with Gasteiger partial charge in [0.05, 0.1) is 32.9 Å². The highest BCUT2D eigenvalue weighted by atomic mass is 35.5. The summed E-state index contributed by atoms with van der Waals surface area (Å²) >= 11 is 12.0. The van der Waals surface area contributed by atoms with E-state index in [0.29, 0.717) is 21.7 Å². The molecule has 4 aromatic rings. The van der Waals surface area contributed by atoms with E-state index in [-0.39, 0.29) is 39.0 Å². The minimum absolute atomic E-state index is 0.0391. The third-order valence-electron chi connectivity index (χ3n) is 5.53. The van der Waals surface area contributed by atoms with Gasteiger partial charge >= 0.3 is 0 Å². The first-order valence-corrected chi connectivity index (χ1v) is 15.0. The molecule has 2 unspecified atom stereocenters. The van der Waals surface area contributed by atoms with E-state index in [2.05, 4.69) is 25.3 Å².